The molecule has 0 saturated heterocycles. The third-order valence-corrected chi connectivity index (χ3v) is 3.49. The van der Waals surface area contributed by atoms with E-state index in [1.807, 2.05) is 16.7 Å². The van der Waals surface area contributed by atoms with Crippen molar-refractivity contribution in [3.05, 3.63) is 46.7 Å². The van der Waals surface area contributed by atoms with Crippen LogP contribution in [0.4, 0.5) is 5.69 Å². The van der Waals surface area contributed by atoms with Crippen molar-refractivity contribution in [2.75, 3.05) is 12.3 Å². The zero-order chi connectivity index (χ0) is 15.2. The second-order valence-electron chi connectivity index (χ2n) is 4.75. The van der Waals surface area contributed by atoms with Gasteiger partial charge in [0.25, 0.3) is 0 Å². The van der Waals surface area contributed by atoms with E-state index < -0.39 is 0 Å². The van der Waals surface area contributed by atoms with Crippen LogP contribution >= 0.6 is 11.6 Å². The molecule has 0 amide bonds. The first kappa shape index (κ1) is 15.3. The molecule has 0 aliphatic carbocycles. The summed E-state index contributed by atoms with van der Waals surface area (Å²) < 4.78 is 7.62. The number of hydrogen-bond acceptors (Lipinski definition) is 3. The molecular formula is C16H18ClN3O. The Kier molecular flexibility index (Phi) is 5.13. The monoisotopic (exact) mass is 303 g/mol. The fourth-order valence-electron chi connectivity index (χ4n) is 2.26. The van der Waals surface area contributed by atoms with Crippen LogP contribution in [0.5, 0.6) is 5.75 Å². The molecule has 1 aromatic carbocycles. The molecule has 0 atom stereocenters. The first-order valence-electron chi connectivity index (χ1n) is 6.92. The van der Waals surface area contributed by atoms with Crippen LogP contribution in [-0.4, -0.2) is 11.2 Å². The molecular weight excluding hydrogens is 286 g/mol. The Balaban J connectivity index is 2.05. The molecule has 0 unspecified atom stereocenters. The summed E-state index contributed by atoms with van der Waals surface area (Å²) in [7, 11) is 0. The Labute approximate surface area is 129 Å². The maximum absolute atomic E-state index is 9.19. The van der Waals surface area contributed by atoms with Gasteiger partial charge >= 0.3 is 0 Å². The van der Waals surface area contributed by atoms with Gasteiger partial charge in [0.15, 0.2) is 0 Å². The van der Waals surface area contributed by atoms with E-state index >= 15 is 0 Å². The Hall–Kier alpha value is -2.12. The number of anilines is 1. The van der Waals surface area contributed by atoms with Crippen LogP contribution in [0.1, 0.15) is 24.7 Å². The molecule has 0 bridgehead atoms. The van der Waals surface area contributed by atoms with Crippen LogP contribution < -0.4 is 10.5 Å². The predicted molar refractivity (Wildman–Crippen MR) is 84.5 cm³/mol. The largest absolute Gasteiger partial charge is 0.492 e. The predicted octanol–water partition coefficient (Wildman–Crippen LogP) is 3.63. The highest BCUT2D eigenvalue weighted by molar-refractivity contribution is 6.30. The first-order chi connectivity index (χ1) is 10.2. The van der Waals surface area contributed by atoms with Crippen LogP contribution in [0.3, 0.4) is 0 Å². The third kappa shape index (κ3) is 3.71. The summed E-state index contributed by atoms with van der Waals surface area (Å²) in [5.74, 6) is 0.759. The SMILES string of the molecule is CCCc1c(N)cc(C#N)n1CCOc1ccc(Cl)cc1. The van der Waals surface area contributed by atoms with Gasteiger partial charge in [0, 0.05) is 10.7 Å². The third-order valence-electron chi connectivity index (χ3n) is 3.24. The van der Waals surface area contributed by atoms with Gasteiger partial charge in [-0.05, 0) is 36.8 Å². The molecule has 0 radical (unpaired) electrons. The lowest BCUT2D eigenvalue weighted by Gasteiger charge is -2.12. The molecule has 5 heteroatoms. The molecule has 110 valence electrons. The number of hydrogen-bond donors (Lipinski definition) is 1. The van der Waals surface area contributed by atoms with E-state index in [9.17, 15) is 5.26 Å². The van der Waals surface area contributed by atoms with Crippen LogP contribution in [0.2, 0.25) is 5.02 Å². The number of nitrogens with two attached hydrogens (primary N) is 1. The molecule has 0 saturated carbocycles. The normalized spacial score (nSPS) is 10.3. The molecule has 0 aliphatic heterocycles. The van der Waals surface area contributed by atoms with Crippen molar-refractivity contribution >= 4 is 17.3 Å². The highest BCUT2D eigenvalue weighted by atomic mass is 35.5. The van der Waals surface area contributed by atoms with E-state index in [0.29, 0.717) is 29.6 Å². The van der Waals surface area contributed by atoms with Gasteiger partial charge in [0.1, 0.15) is 24.1 Å². The Morgan fingerprint density at radius 3 is 2.67 bits per heavy atom. The Morgan fingerprint density at radius 1 is 1.33 bits per heavy atom. The Bertz CT molecular complexity index is 641. The number of nitrogens with zero attached hydrogens (tertiary/aromatic N) is 2. The summed E-state index contributed by atoms with van der Waals surface area (Å²) in [5, 5.41) is 9.87. The molecule has 0 spiro atoms. The van der Waals surface area contributed by atoms with Crippen LogP contribution in [0.15, 0.2) is 30.3 Å². The van der Waals surface area contributed by atoms with Gasteiger partial charge in [-0.1, -0.05) is 24.9 Å². The van der Waals surface area contributed by atoms with Gasteiger partial charge in [0.2, 0.25) is 0 Å². The highest BCUT2D eigenvalue weighted by Crippen LogP contribution is 2.20. The van der Waals surface area contributed by atoms with E-state index in [0.717, 1.165) is 24.3 Å². The van der Waals surface area contributed by atoms with E-state index in [-0.39, 0.29) is 0 Å². The number of rotatable bonds is 6. The van der Waals surface area contributed by atoms with Gasteiger partial charge in [-0.2, -0.15) is 5.26 Å². The van der Waals surface area contributed by atoms with Crippen LogP contribution in [0, 0.1) is 11.3 Å². The maximum atomic E-state index is 9.19. The lowest BCUT2D eigenvalue weighted by molar-refractivity contribution is 0.296. The standard InChI is InChI=1S/C16H18ClN3O/c1-2-3-16-15(19)10-13(11-18)20(16)8-9-21-14-6-4-12(17)5-7-14/h4-7,10H,2-3,8-9,19H2,1H3. The fourth-order valence-corrected chi connectivity index (χ4v) is 2.39. The van der Waals surface area contributed by atoms with Gasteiger partial charge in [0.05, 0.1) is 12.2 Å². The van der Waals surface area contributed by atoms with Crippen molar-refractivity contribution in [1.29, 1.82) is 5.26 Å². The summed E-state index contributed by atoms with van der Waals surface area (Å²) in [4.78, 5) is 0. The van der Waals surface area contributed by atoms with Crippen molar-refractivity contribution in [3.63, 3.8) is 0 Å². The first-order valence-corrected chi connectivity index (χ1v) is 7.29. The molecule has 1 aromatic heterocycles. The number of benzene rings is 1. The number of nitriles is 1. The summed E-state index contributed by atoms with van der Waals surface area (Å²) >= 11 is 5.83. The minimum atomic E-state index is 0.473. The summed E-state index contributed by atoms with van der Waals surface area (Å²) in [6.07, 6.45) is 1.84. The topological polar surface area (TPSA) is 64.0 Å². The van der Waals surface area contributed by atoms with Crippen molar-refractivity contribution in [3.8, 4) is 11.8 Å². The van der Waals surface area contributed by atoms with Gasteiger partial charge in [-0.25, -0.2) is 0 Å². The average molecular weight is 304 g/mol. The summed E-state index contributed by atoms with van der Waals surface area (Å²) in [6.45, 7) is 3.16. The van der Waals surface area contributed by atoms with E-state index in [2.05, 4.69) is 13.0 Å². The van der Waals surface area contributed by atoms with Gasteiger partial charge < -0.3 is 15.0 Å². The smallest absolute Gasteiger partial charge is 0.122 e. The molecule has 2 aromatic rings. The maximum Gasteiger partial charge on any atom is 0.122 e. The minimum absolute atomic E-state index is 0.473. The number of ether oxygens (including phenoxy) is 1. The molecule has 0 fully saturated rings. The van der Waals surface area contributed by atoms with E-state index in [1.54, 1.807) is 18.2 Å². The van der Waals surface area contributed by atoms with Gasteiger partial charge in [-0.15, -0.1) is 0 Å². The zero-order valence-electron chi connectivity index (χ0n) is 12.0. The number of nitrogen functional groups attached to an aromatic ring is 1. The highest BCUT2D eigenvalue weighted by Gasteiger charge is 2.12. The average Bonchev–Trinajstić information content (AvgIpc) is 2.78. The summed E-state index contributed by atoms with van der Waals surface area (Å²) in [5.41, 5.74) is 8.24. The molecule has 21 heavy (non-hydrogen) atoms. The van der Waals surface area contributed by atoms with Crippen molar-refractivity contribution < 1.29 is 4.74 Å². The lowest BCUT2D eigenvalue weighted by atomic mass is 10.2. The minimum Gasteiger partial charge on any atom is -0.492 e. The van der Waals surface area contributed by atoms with Gasteiger partial charge in [-0.3, -0.25) is 0 Å². The second-order valence-corrected chi connectivity index (χ2v) is 5.18. The van der Waals surface area contributed by atoms with E-state index in [4.69, 9.17) is 22.1 Å². The van der Waals surface area contributed by atoms with Crippen molar-refractivity contribution in [2.45, 2.75) is 26.3 Å². The molecule has 1 heterocycles. The number of aromatic nitrogens is 1. The number of halogens is 1. The molecule has 4 nitrogen and oxygen atoms in total. The van der Waals surface area contributed by atoms with Crippen molar-refractivity contribution in [2.24, 2.45) is 0 Å². The van der Waals surface area contributed by atoms with Crippen molar-refractivity contribution in [1.82, 2.24) is 4.57 Å². The molecule has 0 aliphatic rings. The zero-order valence-corrected chi connectivity index (χ0v) is 12.7. The lowest BCUT2D eigenvalue weighted by Crippen LogP contribution is -2.13. The fraction of sp³-hybridized carbons (Fsp3) is 0.312. The molecule has 2 rings (SSSR count). The van der Waals surface area contributed by atoms with Crippen LogP contribution in [0.25, 0.3) is 0 Å². The van der Waals surface area contributed by atoms with Crippen LogP contribution in [-0.2, 0) is 13.0 Å². The summed E-state index contributed by atoms with van der Waals surface area (Å²) in [6, 6.07) is 11.1. The molecule has 2 N–H and O–H groups in total. The quantitative estimate of drug-likeness (QED) is 0.886. The van der Waals surface area contributed by atoms with E-state index in [1.165, 1.54) is 0 Å². The Morgan fingerprint density at radius 2 is 2.05 bits per heavy atom. The second kappa shape index (κ2) is 7.05.